The second-order valence-electron chi connectivity index (χ2n) is 5.53. The second-order valence-corrected chi connectivity index (χ2v) is 5.53. The summed E-state index contributed by atoms with van der Waals surface area (Å²) in [6.45, 7) is 8.67. The van der Waals surface area contributed by atoms with Crippen LogP contribution in [0, 0.1) is 12.8 Å². The van der Waals surface area contributed by atoms with Crippen molar-refractivity contribution in [2.24, 2.45) is 5.92 Å². The van der Waals surface area contributed by atoms with Crippen molar-refractivity contribution in [2.45, 2.75) is 46.3 Å². The average molecular weight is 266 g/mol. The molecule has 0 aromatic heterocycles. The predicted molar refractivity (Wildman–Crippen MR) is 77.6 cm³/mol. The molecule has 0 aliphatic rings. The minimum absolute atomic E-state index is 0.158. The summed E-state index contributed by atoms with van der Waals surface area (Å²) in [5, 5.41) is 10.2. The van der Waals surface area contributed by atoms with Gasteiger partial charge in [0.2, 0.25) is 0 Å². The standard InChI is InChI=1S/C16H26O3/c1-11(2)8-13(4)19-10-15(17)14-9-12(3)6-7-16(14)18-5/h6-7,9,11,13,15,17H,8,10H2,1-5H3. The summed E-state index contributed by atoms with van der Waals surface area (Å²) in [5.74, 6) is 1.30. The van der Waals surface area contributed by atoms with Gasteiger partial charge in [-0.15, -0.1) is 0 Å². The first kappa shape index (κ1) is 16.0. The molecule has 0 spiro atoms. The van der Waals surface area contributed by atoms with E-state index in [1.54, 1.807) is 7.11 Å². The molecule has 0 aliphatic carbocycles. The Morgan fingerprint density at radius 3 is 2.47 bits per heavy atom. The van der Waals surface area contributed by atoms with Gasteiger partial charge in [0.15, 0.2) is 0 Å². The van der Waals surface area contributed by atoms with E-state index in [9.17, 15) is 5.11 Å². The highest BCUT2D eigenvalue weighted by molar-refractivity contribution is 5.38. The van der Waals surface area contributed by atoms with Crippen LogP contribution in [-0.4, -0.2) is 24.9 Å². The van der Waals surface area contributed by atoms with Crippen LogP contribution in [0.3, 0.4) is 0 Å². The molecule has 3 nitrogen and oxygen atoms in total. The third kappa shape index (κ3) is 5.21. The van der Waals surface area contributed by atoms with Crippen LogP contribution in [0.25, 0.3) is 0 Å². The Hall–Kier alpha value is -1.06. The van der Waals surface area contributed by atoms with Crippen LogP contribution in [-0.2, 0) is 4.74 Å². The molecule has 3 heteroatoms. The van der Waals surface area contributed by atoms with Crippen LogP contribution in [0.15, 0.2) is 18.2 Å². The Morgan fingerprint density at radius 1 is 1.21 bits per heavy atom. The molecule has 1 rings (SSSR count). The van der Waals surface area contributed by atoms with Gasteiger partial charge in [-0.25, -0.2) is 0 Å². The molecule has 0 fully saturated rings. The van der Waals surface area contributed by atoms with Crippen LogP contribution in [0.4, 0.5) is 0 Å². The summed E-state index contributed by atoms with van der Waals surface area (Å²) in [5.41, 5.74) is 1.89. The molecule has 19 heavy (non-hydrogen) atoms. The van der Waals surface area contributed by atoms with Gasteiger partial charge in [0.05, 0.1) is 19.8 Å². The first-order valence-corrected chi connectivity index (χ1v) is 6.88. The minimum Gasteiger partial charge on any atom is -0.496 e. The van der Waals surface area contributed by atoms with Gasteiger partial charge >= 0.3 is 0 Å². The molecule has 0 saturated carbocycles. The zero-order chi connectivity index (χ0) is 14.4. The summed E-state index contributed by atoms with van der Waals surface area (Å²) in [7, 11) is 1.61. The van der Waals surface area contributed by atoms with Crippen molar-refractivity contribution in [3.8, 4) is 5.75 Å². The van der Waals surface area contributed by atoms with E-state index in [4.69, 9.17) is 9.47 Å². The van der Waals surface area contributed by atoms with Crippen LogP contribution >= 0.6 is 0 Å². The molecule has 1 aromatic rings. The fraction of sp³-hybridized carbons (Fsp3) is 0.625. The van der Waals surface area contributed by atoms with Crippen LogP contribution in [0.2, 0.25) is 0 Å². The molecule has 0 heterocycles. The molecule has 1 N–H and O–H groups in total. The Labute approximate surface area is 116 Å². The van der Waals surface area contributed by atoms with Gasteiger partial charge < -0.3 is 14.6 Å². The van der Waals surface area contributed by atoms with E-state index in [0.717, 1.165) is 17.5 Å². The predicted octanol–water partition coefficient (Wildman–Crippen LogP) is 3.49. The van der Waals surface area contributed by atoms with Crippen LogP contribution < -0.4 is 4.74 Å². The quantitative estimate of drug-likeness (QED) is 0.821. The maximum absolute atomic E-state index is 10.2. The largest absolute Gasteiger partial charge is 0.496 e. The molecule has 2 atom stereocenters. The van der Waals surface area contributed by atoms with Crippen molar-refractivity contribution in [3.63, 3.8) is 0 Å². The van der Waals surface area contributed by atoms with Gasteiger partial charge in [-0.05, 0) is 38.3 Å². The molecule has 0 aliphatic heterocycles. The lowest BCUT2D eigenvalue weighted by molar-refractivity contribution is -0.0108. The van der Waals surface area contributed by atoms with Crippen molar-refractivity contribution >= 4 is 0 Å². The van der Waals surface area contributed by atoms with Gasteiger partial charge in [-0.1, -0.05) is 25.5 Å². The average Bonchev–Trinajstić information content (AvgIpc) is 2.35. The van der Waals surface area contributed by atoms with E-state index in [2.05, 4.69) is 13.8 Å². The second kappa shape index (κ2) is 7.51. The normalized spacial score (nSPS) is 14.5. The maximum atomic E-state index is 10.2. The Bertz CT molecular complexity index is 388. The fourth-order valence-electron chi connectivity index (χ4n) is 2.19. The van der Waals surface area contributed by atoms with Gasteiger partial charge in [0.25, 0.3) is 0 Å². The monoisotopic (exact) mass is 266 g/mol. The van der Waals surface area contributed by atoms with E-state index < -0.39 is 6.10 Å². The van der Waals surface area contributed by atoms with E-state index in [1.807, 2.05) is 32.0 Å². The van der Waals surface area contributed by atoms with Crippen molar-refractivity contribution in [3.05, 3.63) is 29.3 Å². The summed E-state index contributed by atoms with van der Waals surface area (Å²) in [4.78, 5) is 0. The van der Waals surface area contributed by atoms with Crippen molar-refractivity contribution in [2.75, 3.05) is 13.7 Å². The highest BCUT2D eigenvalue weighted by Crippen LogP contribution is 2.26. The van der Waals surface area contributed by atoms with Gasteiger partial charge in [-0.3, -0.25) is 0 Å². The Balaban J connectivity index is 2.62. The summed E-state index contributed by atoms with van der Waals surface area (Å²) >= 11 is 0. The first-order valence-electron chi connectivity index (χ1n) is 6.88. The number of aliphatic hydroxyl groups is 1. The van der Waals surface area contributed by atoms with Gasteiger partial charge in [0, 0.05) is 5.56 Å². The summed E-state index contributed by atoms with van der Waals surface area (Å²) in [6, 6.07) is 5.79. The summed E-state index contributed by atoms with van der Waals surface area (Å²) in [6.07, 6.45) is 0.507. The Morgan fingerprint density at radius 2 is 1.89 bits per heavy atom. The van der Waals surface area contributed by atoms with Crippen molar-refractivity contribution in [1.82, 2.24) is 0 Å². The highest BCUT2D eigenvalue weighted by atomic mass is 16.5. The number of benzene rings is 1. The van der Waals surface area contributed by atoms with E-state index >= 15 is 0 Å². The summed E-state index contributed by atoms with van der Waals surface area (Å²) < 4.78 is 11.0. The number of ether oxygens (including phenoxy) is 2. The first-order chi connectivity index (χ1) is 8.93. The lowest BCUT2D eigenvalue weighted by Gasteiger charge is -2.19. The van der Waals surface area contributed by atoms with Crippen molar-refractivity contribution in [1.29, 1.82) is 0 Å². The molecule has 2 unspecified atom stereocenters. The van der Waals surface area contributed by atoms with E-state index in [-0.39, 0.29) is 6.10 Å². The number of aryl methyl sites for hydroxylation is 1. The molecule has 0 bridgehead atoms. The number of aliphatic hydroxyl groups excluding tert-OH is 1. The fourth-order valence-corrected chi connectivity index (χ4v) is 2.19. The zero-order valence-corrected chi connectivity index (χ0v) is 12.6. The Kier molecular flexibility index (Phi) is 6.32. The molecular formula is C16H26O3. The number of methoxy groups -OCH3 is 1. The van der Waals surface area contributed by atoms with Crippen LogP contribution in [0.1, 0.15) is 44.4 Å². The molecule has 1 aromatic carbocycles. The molecule has 108 valence electrons. The molecule has 0 radical (unpaired) electrons. The zero-order valence-electron chi connectivity index (χ0n) is 12.6. The van der Waals surface area contributed by atoms with Gasteiger partial charge in [-0.2, -0.15) is 0 Å². The third-order valence-electron chi connectivity index (χ3n) is 3.09. The van der Waals surface area contributed by atoms with Crippen molar-refractivity contribution < 1.29 is 14.6 Å². The molecule has 0 amide bonds. The number of rotatable bonds is 7. The highest BCUT2D eigenvalue weighted by Gasteiger charge is 2.15. The van der Waals surface area contributed by atoms with E-state index in [1.165, 1.54) is 0 Å². The smallest absolute Gasteiger partial charge is 0.124 e. The SMILES string of the molecule is COc1ccc(C)cc1C(O)COC(C)CC(C)C. The van der Waals surface area contributed by atoms with Crippen LogP contribution in [0.5, 0.6) is 5.75 Å². The van der Waals surface area contributed by atoms with E-state index in [0.29, 0.717) is 18.3 Å². The number of hydrogen-bond donors (Lipinski definition) is 1. The topological polar surface area (TPSA) is 38.7 Å². The van der Waals surface area contributed by atoms with Gasteiger partial charge in [0.1, 0.15) is 11.9 Å². The molecular weight excluding hydrogens is 240 g/mol. The maximum Gasteiger partial charge on any atom is 0.124 e. The minimum atomic E-state index is -0.649. The third-order valence-corrected chi connectivity index (χ3v) is 3.09. The lowest BCUT2D eigenvalue weighted by Crippen LogP contribution is -2.17. The number of hydrogen-bond acceptors (Lipinski definition) is 3. The lowest BCUT2D eigenvalue weighted by atomic mass is 10.1. The molecule has 0 saturated heterocycles.